The number of hydrogen-bond acceptors (Lipinski definition) is 7. The lowest BCUT2D eigenvalue weighted by atomic mass is 9.99. The Morgan fingerprint density at radius 3 is 2.53 bits per heavy atom. The summed E-state index contributed by atoms with van der Waals surface area (Å²) in [6.07, 6.45) is 7.13. The molecular weight excluding hydrogens is 384 g/mol. The maximum absolute atomic E-state index is 11.1. The van der Waals surface area contributed by atoms with Crippen molar-refractivity contribution in [3.05, 3.63) is 17.7 Å². The number of benzene rings is 1. The van der Waals surface area contributed by atoms with Gasteiger partial charge in [0.25, 0.3) is 0 Å². The van der Waals surface area contributed by atoms with Gasteiger partial charge in [-0.05, 0) is 56.5 Å². The molecule has 2 aliphatic heterocycles. The zero-order valence-corrected chi connectivity index (χ0v) is 18.2. The summed E-state index contributed by atoms with van der Waals surface area (Å²) in [7, 11) is 0. The van der Waals surface area contributed by atoms with Gasteiger partial charge < -0.3 is 29.7 Å². The molecule has 170 valence electrons. The summed E-state index contributed by atoms with van der Waals surface area (Å²) in [5.74, 6) is 0.748. The van der Waals surface area contributed by atoms with Crippen LogP contribution in [0.15, 0.2) is 12.1 Å². The van der Waals surface area contributed by atoms with Crippen LogP contribution in [-0.2, 0) is 0 Å². The molecule has 1 aromatic carbocycles. The van der Waals surface area contributed by atoms with Gasteiger partial charge in [0.2, 0.25) is 5.75 Å². The Morgan fingerprint density at radius 1 is 1.03 bits per heavy atom. The fourth-order valence-corrected chi connectivity index (χ4v) is 4.32. The van der Waals surface area contributed by atoms with E-state index in [1.807, 2.05) is 0 Å². The minimum absolute atomic E-state index is 0.0300. The highest BCUT2D eigenvalue weighted by atomic mass is 16.6. The van der Waals surface area contributed by atoms with E-state index in [4.69, 9.17) is 9.47 Å². The van der Waals surface area contributed by atoms with Crippen molar-refractivity contribution in [3.63, 3.8) is 0 Å². The number of hydrogen-bond donors (Lipinski definition) is 4. The number of nitrogens with zero attached hydrogens (tertiary/aromatic N) is 1. The van der Waals surface area contributed by atoms with Crippen LogP contribution in [-0.4, -0.2) is 65.3 Å². The number of phenolic OH excluding ortho intramolecular Hbond substituents is 1. The Hall–Kier alpha value is -1.54. The van der Waals surface area contributed by atoms with Crippen LogP contribution in [0.5, 0.6) is 17.2 Å². The van der Waals surface area contributed by atoms with Gasteiger partial charge in [0.05, 0.1) is 12.1 Å². The van der Waals surface area contributed by atoms with Crippen molar-refractivity contribution in [3.8, 4) is 17.2 Å². The summed E-state index contributed by atoms with van der Waals surface area (Å²) in [5.41, 5.74) is 0.559. The van der Waals surface area contributed by atoms with Crippen LogP contribution in [0.3, 0.4) is 0 Å². The molecule has 0 bridgehead atoms. The van der Waals surface area contributed by atoms with E-state index in [0.717, 1.165) is 38.8 Å². The second kappa shape index (κ2) is 11.7. The van der Waals surface area contributed by atoms with Crippen LogP contribution in [0, 0.1) is 0 Å². The number of phenols is 1. The molecule has 0 aliphatic carbocycles. The molecule has 2 heterocycles. The van der Waals surface area contributed by atoms with Crippen LogP contribution in [0.4, 0.5) is 0 Å². The molecule has 1 fully saturated rings. The van der Waals surface area contributed by atoms with Crippen LogP contribution in [0.1, 0.15) is 70.0 Å². The lowest BCUT2D eigenvalue weighted by Gasteiger charge is -2.31. The Balaban J connectivity index is 1.65. The van der Waals surface area contributed by atoms with Crippen LogP contribution < -0.4 is 14.8 Å². The summed E-state index contributed by atoms with van der Waals surface area (Å²) in [4.78, 5) is 2.31. The van der Waals surface area contributed by atoms with Gasteiger partial charge in [0, 0.05) is 6.54 Å². The molecule has 0 radical (unpaired) electrons. The number of aliphatic hydroxyl groups excluding tert-OH is 2. The van der Waals surface area contributed by atoms with Crippen LogP contribution >= 0.6 is 0 Å². The molecule has 1 saturated heterocycles. The van der Waals surface area contributed by atoms with Gasteiger partial charge in [-0.2, -0.15) is 0 Å². The Kier molecular flexibility index (Phi) is 9.05. The molecule has 0 unspecified atom stereocenters. The number of aliphatic hydroxyl groups is 2. The van der Waals surface area contributed by atoms with E-state index in [2.05, 4.69) is 17.1 Å². The van der Waals surface area contributed by atoms with Gasteiger partial charge in [-0.25, -0.2) is 0 Å². The normalized spacial score (nSPS) is 19.6. The summed E-state index contributed by atoms with van der Waals surface area (Å²) in [5, 5.41) is 35.3. The van der Waals surface area contributed by atoms with E-state index in [9.17, 15) is 15.3 Å². The first-order chi connectivity index (χ1) is 14.6. The lowest BCUT2D eigenvalue weighted by molar-refractivity contribution is 0.0461. The summed E-state index contributed by atoms with van der Waals surface area (Å²) < 4.78 is 11.1. The number of unbranched alkanes of at least 4 members (excludes halogenated alkanes) is 4. The molecule has 0 aromatic heterocycles. The highest BCUT2D eigenvalue weighted by Crippen LogP contribution is 2.41. The van der Waals surface area contributed by atoms with E-state index < -0.39 is 12.3 Å². The fraction of sp³-hybridized carbons (Fsp3) is 0.739. The minimum Gasteiger partial charge on any atom is -0.504 e. The fourth-order valence-electron chi connectivity index (χ4n) is 4.32. The third-order valence-corrected chi connectivity index (χ3v) is 6.01. The minimum atomic E-state index is -0.887. The number of ether oxygens (including phenoxy) is 2. The van der Waals surface area contributed by atoms with Gasteiger partial charge in [0.15, 0.2) is 11.5 Å². The first kappa shape index (κ1) is 23.1. The van der Waals surface area contributed by atoms with Crippen molar-refractivity contribution in [1.82, 2.24) is 10.2 Å². The number of nitrogens with one attached hydrogen (secondary N) is 1. The summed E-state index contributed by atoms with van der Waals surface area (Å²) >= 11 is 0. The quantitative estimate of drug-likeness (QED) is 0.304. The molecule has 3 rings (SSSR count). The highest BCUT2D eigenvalue weighted by Gasteiger charge is 2.29. The first-order valence-electron chi connectivity index (χ1n) is 11.6. The third kappa shape index (κ3) is 6.48. The molecule has 7 nitrogen and oxygen atoms in total. The molecule has 30 heavy (non-hydrogen) atoms. The zero-order chi connectivity index (χ0) is 21.3. The van der Waals surface area contributed by atoms with Gasteiger partial charge in [-0.1, -0.05) is 32.6 Å². The van der Waals surface area contributed by atoms with Crippen molar-refractivity contribution < 1.29 is 24.8 Å². The lowest BCUT2D eigenvalue weighted by Crippen LogP contribution is -2.48. The predicted molar refractivity (Wildman–Crippen MR) is 116 cm³/mol. The molecule has 3 atom stereocenters. The maximum atomic E-state index is 11.1. The van der Waals surface area contributed by atoms with E-state index in [-0.39, 0.29) is 11.8 Å². The van der Waals surface area contributed by atoms with E-state index in [1.54, 1.807) is 6.07 Å². The topological polar surface area (TPSA) is 94.4 Å². The summed E-state index contributed by atoms with van der Waals surface area (Å²) in [6, 6.07) is 2.92. The smallest absolute Gasteiger partial charge is 0.203 e. The van der Waals surface area contributed by atoms with Crippen molar-refractivity contribution >= 4 is 0 Å². The Labute approximate surface area is 180 Å². The van der Waals surface area contributed by atoms with E-state index in [1.165, 1.54) is 25.3 Å². The Morgan fingerprint density at radius 2 is 1.77 bits per heavy atom. The third-order valence-electron chi connectivity index (χ3n) is 6.01. The molecule has 7 heteroatoms. The SMILES string of the molecule is CCCCCCC[C@@H](O)N[C@H](CN1CCCC1)[C@H](O)c1cc(O)c2c(c1)OCCO2. The van der Waals surface area contributed by atoms with Crippen molar-refractivity contribution in [2.24, 2.45) is 0 Å². The van der Waals surface area contributed by atoms with Crippen LogP contribution in [0.25, 0.3) is 0 Å². The van der Waals surface area contributed by atoms with E-state index >= 15 is 0 Å². The van der Waals surface area contributed by atoms with Crippen LogP contribution in [0.2, 0.25) is 0 Å². The molecule has 1 aromatic rings. The largest absolute Gasteiger partial charge is 0.504 e. The van der Waals surface area contributed by atoms with Crippen molar-refractivity contribution in [2.75, 3.05) is 32.8 Å². The van der Waals surface area contributed by atoms with E-state index in [0.29, 0.717) is 43.2 Å². The average molecular weight is 423 g/mol. The van der Waals surface area contributed by atoms with Crippen molar-refractivity contribution in [1.29, 1.82) is 0 Å². The number of aromatic hydroxyl groups is 1. The van der Waals surface area contributed by atoms with Gasteiger partial charge in [-0.3, -0.25) is 5.32 Å². The predicted octanol–water partition coefficient (Wildman–Crippen LogP) is 2.93. The Bertz CT molecular complexity index is 651. The molecule has 4 N–H and O–H groups in total. The molecular formula is C23H38N2O5. The average Bonchev–Trinajstić information content (AvgIpc) is 3.26. The van der Waals surface area contributed by atoms with Crippen molar-refractivity contribution in [2.45, 2.75) is 76.7 Å². The zero-order valence-electron chi connectivity index (χ0n) is 18.2. The summed E-state index contributed by atoms with van der Waals surface area (Å²) in [6.45, 7) is 5.65. The molecule has 0 spiro atoms. The highest BCUT2D eigenvalue weighted by molar-refractivity contribution is 5.54. The first-order valence-corrected chi connectivity index (χ1v) is 11.6. The molecule has 0 saturated carbocycles. The molecule has 0 amide bonds. The molecule has 2 aliphatic rings. The second-order valence-electron chi connectivity index (χ2n) is 8.51. The van der Waals surface area contributed by atoms with Gasteiger partial charge in [0.1, 0.15) is 19.4 Å². The maximum Gasteiger partial charge on any atom is 0.203 e. The van der Waals surface area contributed by atoms with Gasteiger partial charge >= 0.3 is 0 Å². The monoisotopic (exact) mass is 422 g/mol. The number of rotatable bonds is 12. The number of fused-ring (bicyclic) bond motifs is 1. The number of likely N-dealkylation sites (tertiary alicyclic amines) is 1. The van der Waals surface area contributed by atoms with Gasteiger partial charge in [-0.15, -0.1) is 0 Å². The standard InChI is InChI=1S/C23H38N2O5/c1-2-3-4-5-6-9-21(27)24-18(16-25-10-7-8-11-25)22(28)17-14-19(26)23-20(15-17)29-12-13-30-23/h14-15,18,21-22,24,26-28H,2-13,16H2,1H3/t18-,21-,22-/m1/s1. The second-order valence-corrected chi connectivity index (χ2v) is 8.51.